The van der Waals surface area contributed by atoms with Crippen molar-refractivity contribution in [3.8, 4) is 0 Å². The number of rotatable bonds is 5. The van der Waals surface area contributed by atoms with Crippen LogP contribution in [-0.2, 0) is 9.53 Å². The zero-order chi connectivity index (χ0) is 11.4. The van der Waals surface area contributed by atoms with E-state index in [-0.39, 0.29) is 25.3 Å². The maximum Gasteiger partial charge on any atom is 0.345 e. The van der Waals surface area contributed by atoms with Crippen LogP contribution in [0.4, 0.5) is 0 Å². The first-order valence-corrected chi connectivity index (χ1v) is 5.47. The molecule has 0 radical (unpaired) electrons. The summed E-state index contributed by atoms with van der Waals surface area (Å²) >= 11 is 7.75. The van der Waals surface area contributed by atoms with Crippen molar-refractivity contribution >= 4 is 43.3 Å². The van der Waals surface area contributed by atoms with Crippen molar-refractivity contribution in [3.63, 3.8) is 0 Å². The van der Waals surface area contributed by atoms with Gasteiger partial charge in [0.15, 0.2) is 0 Å². The number of ether oxygens (including phenoxy) is 1. The molecule has 0 fully saturated rings. The van der Waals surface area contributed by atoms with Crippen LogP contribution in [0.15, 0.2) is 0 Å². The summed E-state index contributed by atoms with van der Waals surface area (Å²) in [7, 11) is 0. The van der Waals surface area contributed by atoms with E-state index in [1.807, 2.05) is 0 Å². The number of thiol groups is 2. The van der Waals surface area contributed by atoms with Crippen LogP contribution in [0.3, 0.4) is 0 Å². The van der Waals surface area contributed by atoms with Crippen LogP contribution in [0.25, 0.3) is 0 Å². The lowest BCUT2D eigenvalue weighted by Crippen LogP contribution is -2.31. The Balaban J connectivity index is 4.10. The molecule has 0 aliphatic heterocycles. The molecule has 0 atom stereocenters. The highest BCUT2D eigenvalue weighted by Crippen LogP contribution is 2.33. The van der Waals surface area contributed by atoms with Gasteiger partial charge in [-0.25, -0.2) is 4.79 Å². The van der Waals surface area contributed by atoms with Gasteiger partial charge >= 0.3 is 5.97 Å². The third-order valence-electron chi connectivity index (χ3n) is 1.42. The van der Waals surface area contributed by atoms with Gasteiger partial charge in [0.2, 0.25) is 3.41 Å². The van der Waals surface area contributed by atoms with Crippen molar-refractivity contribution in [1.29, 1.82) is 0 Å². The van der Waals surface area contributed by atoms with Gasteiger partial charge in [-0.2, -0.15) is 0 Å². The van der Waals surface area contributed by atoms with Crippen LogP contribution in [0.1, 0.15) is 13.8 Å². The number of esters is 1. The molecule has 0 heterocycles. The Bertz CT molecular complexity index is 205. The molecule has 84 valence electrons. The minimum atomic E-state index is -1.56. The highest BCUT2D eigenvalue weighted by molar-refractivity contribution is 8.23. The average molecular weight is 258 g/mol. The Hall–Kier alpha value is 0.440. The molecule has 0 aromatic heterocycles. The molecular formula is C7H14O4S3. The molecule has 0 spiro atoms. The normalized spacial score (nSPS) is 12.7. The minimum absolute atomic E-state index is 0.0474. The van der Waals surface area contributed by atoms with E-state index in [0.717, 1.165) is 0 Å². The maximum atomic E-state index is 11.2. The number of hydrogen-bond donors (Lipinski definition) is 4. The molecule has 0 saturated carbocycles. The van der Waals surface area contributed by atoms with E-state index in [1.165, 1.54) is 0 Å². The van der Waals surface area contributed by atoms with Crippen molar-refractivity contribution in [1.82, 2.24) is 0 Å². The Labute approximate surface area is 98.4 Å². The van der Waals surface area contributed by atoms with E-state index < -0.39 is 14.8 Å². The zero-order valence-electron chi connectivity index (χ0n) is 7.93. The minimum Gasteiger partial charge on any atom is -0.463 e. The van der Waals surface area contributed by atoms with E-state index in [1.54, 1.807) is 13.8 Å². The van der Waals surface area contributed by atoms with Crippen molar-refractivity contribution < 1.29 is 19.2 Å². The van der Waals surface area contributed by atoms with Gasteiger partial charge in [0.25, 0.3) is 0 Å². The second kappa shape index (κ2) is 5.50. The van der Waals surface area contributed by atoms with Crippen LogP contribution in [0, 0.1) is 5.41 Å². The van der Waals surface area contributed by atoms with Gasteiger partial charge in [-0.1, -0.05) is 13.8 Å². The predicted molar refractivity (Wildman–Crippen MR) is 62.7 cm³/mol. The summed E-state index contributed by atoms with van der Waals surface area (Å²) in [5, 5.41) is 8.88. The molecule has 0 bridgehead atoms. The molecule has 2 N–H and O–H groups in total. The quantitative estimate of drug-likeness (QED) is 0.259. The van der Waals surface area contributed by atoms with Crippen molar-refractivity contribution in [2.24, 2.45) is 5.41 Å². The monoisotopic (exact) mass is 258 g/mol. The van der Waals surface area contributed by atoms with E-state index in [0.29, 0.717) is 0 Å². The zero-order valence-corrected chi connectivity index (χ0v) is 10.5. The molecule has 0 aromatic carbocycles. The Morgan fingerprint density at radius 3 is 2.36 bits per heavy atom. The molecule has 7 heteroatoms. The third-order valence-corrected chi connectivity index (χ3v) is 2.69. The fourth-order valence-corrected chi connectivity index (χ4v) is 0.700. The number of aliphatic hydroxyl groups excluding tert-OH is 1. The van der Waals surface area contributed by atoms with Gasteiger partial charge in [-0.3, -0.25) is 0 Å². The van der Waals surface area contributed by atoms with Gasteiger partial charge in [-0.15, -0.1) is 25.3 Å². The van der Waals surface area contributed by atoms with E-state index in [9.17, 15) is 4.79 Å². The Morgan fingerprint density at radius 1 is 1.50 bits per heavy atom. The maximum absolute atomic E-state index is 11.2. The predicted octanol–water partition coefficient (Wildman–Crippen LogP) is 1.27. The van der Waals surface area contributed by atoms with Crippen LogP contribution < -0.4 is 0 Å². The van der Waals surface area contributed by atoms with Crippen molar-refractivity contribution in [3.05, 3.63) is 0 Å². The Morgan fingerprint density at radius 2 is 2.00 bits per heavy atom. The smallest absolute Gasteiger partial charge is 0.345 e. The summed E-state index contributed by atoms with van der Waals surface area (Å²) in [5.41, 5.74) is -0.507. The lowest BCUT2D eigenvalue weighted by molar-refractivity contribution is -0.145. The van der Waals surface area contributed by atoms with Gasteiger partial charge in [-0.05, 0) is 0 Å². The summed E-state index contributed by atoms with van der Waals surface area (Å²) in [6.45, 7) is 3.43. The molecule has 4 nitrogen and oxygen atoms in total. The first-order valence-electron chi connectivity index (χ1n) is 3.80. The van der Waals surface area contributed by atoms with Gasteiger partial charge in [0.1, 0.15) is 0 Å². The summed E-state index contributed by atoms with van der Waals surface area (Å²) in [5.74, 6) is -0.752. The first kappa shape index (κ1) is 14.4. The molecular weight excluding hydrogens is 244 g/mol. The second-order valence-corrected chi connectivity index (χ2v) is 6.69. The summed E-state index contributed by atoms with van der Waals surface area (Å²) in [4.78, 5) is 11.2. The molecule has 0 saturated heterocycles. The molecule has 0 aromatic rings. The fraction of sp³-hybridized carbons (Fsp3) is 0.857. The van der Waals surface area contributed by atoms with Gasteiger partial charge < -0.3 is 14.4 Å². The van der Waals surface area contributed by atoms with Crippen molar-refractivity contribution in [2.75, 3.05) is 13.2 Å². The van der Waals surface area contributed by atoms with E-state index >= 15 is 0 Å². The largest absolute Gasteiger partial charge is 0.463 e. The standard InChI is InChI=1S/C7H14O4S3/c1-6(2,3-8)4-11-5(9)7(12,13)14-10/h8,10,12-13H,3-4H2,1-2H3. The summed E-state index contributed by atoms with van der Waals surface area (Å²) < 4.78 is 11.9. The lowest BCUT2D eigenvalue weighted by atomic mass is 9.97. The van der Waals surface area contributed by atoms with Crippen LogP contribution >= 0.6 is 37.3 Å². The number of hydrogen-bond acceptors (Lipinski definition) is 7. The topological polar surface area (TPSA) is 66.8 Å². The van der Waals surface area contributed by atoms with E-state index in [4.69, 9.17) is 14.4 Å². The Kier molecular flexibility index (Phi) is 5.68. The highest BCUT2D eigenvalue weighted by Gasteiger charge is 2.34. The molecule has 0 unspecified atom stereocenters. The number of aliphatic hydroxyl groups is 1. The SMILES string of the molecule is CC(C)(CO)COC(=O)C(S)(S)SO. The molecule has 0 rings (SSSR count). The van der Waals surface area contributed by atoms with Gasteiger partial charge in [0.05, 0.1) is 13.2 Å². The molecule has 14 heavy (non-hydrogen) atoms. The summed E-state index contributed by atoms with van der Waals surface area (Å²) in [6, 6.07) is 0. The number of carbonyl (C=O) groups excluding carboxylic acids is 1. The van der Waals surface area contributed by atoms with Gasteiger partial charge in [0, 0.05) is 17.5 Å². The second-order valence-electron chi connectivity index (χ2n) is 3.60. The molecule has 0 aliphatic rings. The van der Waals surface area contributed by atoms with Crippen molar-refractivity contribution in [2.45, 2.75) is 17.3 Å². The molecule has 0 amide bonds. The number of carbonyl (C=O) groups is 1. The third kappa shape index (κ3) is 4.79. The molecule has 0 aliphatic carbocycles. The first-order chi connectivity index (χ1) is 6.25. The van der Waals surface area contributed by atoms with Crippen LogP contribution in [0.5, 0.6) is 0 Å². The fourth-order valence-electron chi connectivity index (χ4n) is 0.438. The van der Waals surface area contributed by atoms with Crippen LogP contribution in [-0.4, -0.2) is 32.3 Å². The highest BCUT2D eigenvalue weighted by atomic mass is 32.2. The van der Waals surface area contributed by atoms with E-state index in [2.05, 4.69) is 25.3 Å². The summed E-state index contributed by atoms with van der Waals surface area (Å²) in [6.07, 6.45) is 0. The lowest BCUT2D eigenvalue weighted by Gasteiger charge is -2.23. The average Bonchev–Trinajstić information content (AvgIpc) is 2.14. The van der Waals surface area contributed by atoms with Crippen LogP contribution in [0.2, 0.25) is 0 Å².